The fraction of sp³-hybridized carbons (Fsp3) is 0.167. The maximum Gasteiger partial charge on any atom is 0.322 e. The lowest BCUT2D eigenvalue weighted by molar-refractivity contribution is 0.439. The normalized spacial score (nSPS) is 10.4. The molecule has 6 heteroatoms. The van der Waals surface area contributed by atoms with E-state index >= 15 is 0 Å². The van der Waals surface area contributed by atoms with Crippen molar-refractivity contribution in [1.82, 2.24) is 9.97 Å². The molecule has 0 aliphatic rings. The molecule has 94 valence electrons. The van der Waals surface area contributed by atoms with Crippen LogP contribution in [0.25, 0.3) is 0 Å². The molecular weight excluding hydrogens is 339 g/mol. The number of alkyl halides is 1. The summed E-state index contributed by atoms with van der Waals surface area (Å²) in [6, 6.07) is 7.38. The van der Waals surface area contributed by atoms with Gasteiger partial charge in [0.15, 0.2) is 0 Å². The molecule has 18 heavy (non-hydrogen) atoms. The Balaban J connectivity index is 2.30. The van der Waals surface area contributed by atoms with Crippen LogP contribution in [0.3, 0.4) is 0 Å². The van der Waals surface area contributed by atoms with Gasteiger partial charge in [-0.15, -0.1) is 11.6 Å². The van der Waals surface area contributed by atoms with Crippen LogP contribution in [0.4, 0.5) is 0 Å². The van der Waals surface area contributed by atoms with Crippen molar-refractivity contribution < 1.29 is 4.74 Å². The molecule has 3 nitrogen and oxygen atoms in total. The molecule has 0 saturated heterocycles. The molecule has 0 aliphatic carbocycles. The zero-order chi connectivity index (χ0) is 13.1. The van der Waals surface area contributed by atoms with Crippen molar-refractivity contribution in [3.05, 3.63) is 45.1 Å². The van der Waals surface area contributed by atoms with Gasteiger partial charge in [0.25, 0.3) is 0 Å². The quantitative estimate of drug-likeness (QED) is 0.752. The lowest BCUT2D eigenvalue weighted by Gasteiger charge is -2.07. The molecule has 1 aromatic carbocycles. The highest BCUT2D eigenvalue weighted by molar-refractivity contribution is 9.10. The van der Waals surface area contributed by atoms with Crippen molar-refractivity contribution in [3.63, 3.8) is 0 Å². The van der Waals surface area contributed by atoms with Gasteiger partial charge in [-0.25, -0.2) is 4.98 Å². The third kappa shape index (κ3) is 3.34. The van der Waals surface area contributed by atoms with E-state index in [1.54, 1.807) is 12.1 Å². The largest absolute Gasteiger partial charge is 0.423 e. The number of ether oxygens (including phenoxy) is 1. The first-order valence-corrected chi connectivity index (χ1v) is 6.82. The maximum absolute atomic E-state index is 6.06. The summed E-state index contributed by atoms with van der Waals surface area (Å²) in [5.41, 5.74) is 1.51. The van der Waals surface area contributed by atoms with E-state index < -0.39 is 0 Å². The molecule has 0 aliphatic heterocycles. The summed E-state index contributed by atoms with van der Waals surface area (Å²) in [5, 5.41) is 0.488. The number of hydrogen-bond acceptors (Lipinski definition) is 3. The number of benzene rings is 1. The van der Waals surface area contributed by atoms with Crippen LogP contribution in [0.15, 0.2) is 28.7 Å². The van der Waals surface area contributed by atoms with Crippen molar-refractivity contribution in [3.8, 4) is 11.8 Å². The predicted molar refractivity (Wildman–Crippen MR) is 75.6 cm³/mol. The Morgan fingerprint density at radius 1 is 1.28 bits per heavy atom. The Kier molecular flexibility index (Phi) is 4.43. The van der Waals surface area contributed by atoms with E-state index in [2.05, 4.69) is 25.9 Å². The number of rotatable bonds is 3. The zero-order valence-electron chi connectivity index (χ0n) is 9.45. The standard InChI is InChI=1S/C12H9BrCl2N2O/c1-7-4-9(6-14)17-12(16-7)18-11-3-2-8(13)5-10(11)15/h2-5H,6H2,1H3. The summed E-state index contributed by atoms with van der Waals surface area (Å²) < 4.78 is 6.43. The summed E-state index contributed by atoms with van der Waals surface area (Å²) in [6.07, 6.45) is 0. The van der Waals surface area contributed by atoms with Gasteiger partial charge in [-0.1, -0.05) is 27.5 Å². The van der Waals surface area contributed by atoms with E-state index in [9.17, 15) is 0 Å². The Morgan fingerprint density at radius 3 is 2.72 bits per heavy atom. The molecule has 2 aromatic rings. The van der Waals surface area contributed by atoms with Crippen LogP contribution in [0.1, 0.15) is 11.4 Å². The molecule has 1 aromatic heterocycles. The molecule has 0 spiro atoms. The van der Waals surface area contributed by atoms with Crippen molar-refractivity contribution >= 4 is 39.1 Å². The molecule has 1 heterocycles. The molecule has 2 rings (SSSR count). The van der Waals surface area contributed by atoms with Crippen LogP contribution in [-0.2, 0) is 5.88 Å². The smallest absolute Gasteiger partial charge is 0.322 e. The van der Waals surface area contributed by atoms with Gasteiger partial charge in [0.1, 0.15) is 5.75 Å². The molecule has 0 bridgehead atoms. The Bertz CT molecular complexity index is 578. The molecule has 0 N–H and O–H groups in total. The molecule has 0 fully saturated rings. The van der Waals surface area contributed by atoms with Crippen molar-refractivity contribution in [1.29, 1.82) is 0 Å². The fourth-order valence-corrected chi connectivity index (χ4v) is 2.22. The molecule has 0 amide bonds. The summed E-state index contributed by atoms with van der Waals surface area (Å²) in [6.45, 7) is 1.85. The highest BCUT2D eigenvalue weighted by Gasteiger charge is 2.07. The van der Waals surface area contributed by atoms with Gasteiger partial charge in [0, 0.05) is 10.2 Å². The van der Waals surface area contributed by atoms with E-state index in [1.165, 1.54) is 0 Å². The molecular formula is C12H9BrCl2N2O. The number of halogens is 3. The average Bonchev–Trinajstić information content (AvgIpc) is 2.32. The van der Waals surface area contributed by atoms with Crippen LogP contribution in [0.2, 0.25) is 5.02 Å². The van der Waals surface area contributed by atoms with Gasteiger partial charge in [-0.2, -0.15) is 4.98 Å². The van der Waals surface area contributed by atoms with Crippen LogP contribution in [0, 0.1) is 6.92 Å². The lowest BCUT2D eigenvalue weighted by atomic mass is 10.3. The maximum atomic E-state index is 6.06. The Hall–Kier alpha value is -0.840. The van der Waals surface area contributed by atoms with Crippen molar-refractivity contribution in [2.75, 3.05) is 0 Å². The third-order valence-electron chi connectivity index (χ3n) is 2.12. The minimum atomic E-state index is 0.245. The summed E-state index contributed by atoms with van der Waals surface area (Å²) in [4.78, 5) is 8.35. The van der Waals surface area contributed by atoms with Crippen molar-refractivity contribution in [2.45, 2.75) is 12.8 Å². The first-order valence-electron chi connectivity index (χ1n) is 5.12. The van der Waals surface area contributed by atoms with E-state index in [0.29, 0.717) is 22.3 Å². The summed E-state index contributed by atoms with van der Waals surface area (Å²) >= 11 is 15.1. The van der Waals surface area contributed by atoms with Gasteiger partial charge in [-0.05, 0) is 31.2 Å². The average molecular weight is 348 g/mol. The molecule has 0 saturated carbocycles. The molecule has 0 unspecified atom stereocenters. The highest BCUT2D eigenvalue weighted by atomic mass is 79.9. The van der Waals surface area contributed by atoms with E-state index in [-0.39, 0.29) is 6.01 Å². The molecule has 0 atom stereocenters. The van der Waals surface area contributed by atoms with E-state index in [0.717, 1.165) is 10.2 Å². The van der Waals surface area contributed by atoms with Crippen molar-refractivity contribution in [2.24, 2.45) is 0 Å². The Morgan fingerprint density at radius 2 is 2.06 bits per heavy atom. The SMILES string of the molecule is Cc1cc(CCl)nc(Oc2ccc(Br)cc2Cl)n1. The van der Waals surface area contributed by atoms with Crippen LogP contribution < -0.4 is 4.74 Å². The van der Waals surface area contributed by atoms with E-state index in [4.69, 9.17) is 27.9 Å². The van der Waals surface area contributed by atoms with Gasteiger partial charge in [0.2, 0.25) is 0 Å². The second-order valence-electron chi connectivity index (χ2n) is 3.59. The second kappa shape index (κ2) is 5.87. The summed E-state index contributed by atoms with van der Waals surface area (Å²) in [5.74, 6) is 0.819. The molecule has 0 radical (unpaired) electrons. The van der Waals surface area contributed by atoms with Crippen LogP contribution in [0.5, 0.6) is 11.8 Å². The number of hydrogen-bond donors (Lipinski definition) is 0. The minimum Gasteiger partial charge on any atom is -0.423 e. The minimum absolute atomic E-state index is 0.245. The first-order chi connectivity index (χ1) is 8.58. The zero-order valence-corrected chi connectivity index (χ0v) is 12.6. The number of aryl methyl sites for hydroxylation is 1. The van der Waals surface area contributed by atoms with Gasteiger partial charge in [0.05, 0.1) is 16.6 Å². The fourth-order valence-electron chi connectivity index (χ4n) is 1.37. The highest BCUT2D eigenvalue weighted by Crippen LogP contribution is 2.30. The van der Waals surface area contributed by atoms with Gasteiger partial charge < -0.3 is 4.74 Å². The monoisotopic (exact) mass is 346 g/mol. The second-order valence-corrected chi connectivity index (χ2v) is 5.18. The number of aromatic nitrogens is 2. The van der Waals surface area contributed by atoms with Gasteiger partial charge >= 0.3 is 6.01 Å². The number of nitrogens with zero attached hydrogens (tertiary/aromatic N) is 2. The van der Waals surface area contributed by atoms with Gasteiger partial charge in [-0.3, -0.25) is 0 Å². The lowest BCUT2D eigenvalue weighted by Crippen LogP contribution is -1.97. The van der Waals surface area contributed by atoms with E-state index in [1.807, 2.05) is 19.1 Å². The Labute approximate surface area is 123 Å². The predicted octanol–water partition coefficient (Wildman–Crippen LogP) is 4.73. The van der Waals surface area contributed by atoms with Crippen LogP contribution >= 0.6 is 39.1 Å². The third-order valence-corrected chi connectivity index (χ3v) is 3.18. The first kappa shape index (κ1) is 13.6. The summed E-state index contributed by atoms with van der Waals surface area (Å²) in [7, 11) is 0. The topological polar surface area (TPSA) is 35.0 Å². The van der Waals surface area contributed by atoms with Crippen LogP contribution in [-0.4, -0.2) is 9.97 Å².